The minimum absolute atomic E-state index is 0.0564. The van der Waals surface area contributed by atoms with Crippen molar-refractivity contribution in [1.82, 2.24) is 14.4 Å². The molecule has 2 aromatic carbocycles. The third kappa shape index (κ3) is 2.95. The van der Waals surface area contributed by atoms with Crippen LogP contribution in [0.3, 0.4) is 0 Å². The minimum Gasteiger partial charge on any atom is -0.327 e. The summed E-state index contributed by atoms with van der Waals surface area (Å²) in [7, 11) is 0. The van der Waals surface area contributed by atoms with Crippen LogP contribution in [-0.2, 0) is 17.9 Å². The van der Waals surface area contributed by atoms with Gasteiger partial charge in [0.05, 0.1) is 18.3 Å². The number of carbonyl (C=O) groups is 1. The van der Waals surface area contributed by atoms with E-state index in [2.05, 4.69) is 46.0 Å². The van der Waals surface area contributed by atoms with Crippen molar-refractivity contribution in [2.75, 3.05) is 13.1 Å². The monoisotopic (exact) mass is 377 g/mol. The van der Waals surface area contributed by atoms with Gasteiger partial charge in [-0.15, -0.1) is 0 Å². The van der Waals surface area contributed by atoms with Gasteiger partial charge in [-0.1, -0.05) is 41.9 Å². The molecular formula is C22H20ClN3O. The van der Waals surface area contributed by atoms with Gasteiger partial charge in [-0.05, 0) is 41.5 Å². The van der Waals surface area contributed by atoms with E-state index in [0.29, 0.717) is 13.1 Å². The van der Waals surface area contributed by atoms with Crippen LogP contribution in [0.4, 0.5) is 0 Å². The summed E-state index contributed by atoms with van der Waals surface area (Å²) < 4.78 is 2.24. The highest BCUT2D eigenvalue weighted by molar-refractivity contribution is 6.30. The first-order valence-corrected chi connectivity index (χ1v) is 9.58. The predicted octanol–water partition coefficient (Wildman–Crippen LogP) is 4.03. The van der Waals surface area contributed by atoms with E-state index in [9.17, 15) is 4.79 Å². The number of carbonyl (C=O) groups excluding carboxylic acids is 1. The van der Waals surface area contributed by atoms with Gasteiger partial charge in [0.2, 0.25) is 5.91 Å². The van der Waals surface area contributed by atoms with Gasteiger partial charge in [0.1, 0.15) is 0 Å². The Bertz CT molecular complexity index is 995. The highest BCUT2D eigenvalue weighted by Gasteiger charge is 2.37. The molecule has 0 spiro atoms. The normalized spacial score (nSPS) is 19.2. The Morgan fingerprint density at radius 1 is 0.963 bits per heavy atom. The third-order valence-electron chi connectivity index (χ3n) is 5.52. The molecule has 5 rings (SSSR count). The Labute approximate surface area is 163 Å². The Morgan fingerprint density at radius 3 is 2.63 bits per heavy atom. The number of hydrogen-bond donors (Lipinski definition) is 0. The van der Waals surface area contributed by atoms with Gasteiger partial charge in [-0.2, -0.15) is 0 Å². The Hall–Kier alpha value is -2.56. The molecule has 3 heterocycles. The van der Waals surface area contributed by atoms with Crippen molar-refractivity contribution in [3.63, 3.8) is 0 Å². The topological polar surface area (TPSA) is 28.5 Å². The van der Waals surface area contributed by atoms with Crippen LogP contribution in [0.25, 0.3) is 5.69 Å². The summed E-state index contributed by atoms with van der Waals surface area (Å²) in [5.74, 6) is 0.185. The van der Waals surface area contributed by atoms with Crippen molar-refractivity contribution in [2.45, 2.75) is 19.1 Å². The van der Waals surface area contributed by atoms with Gasteiger partial charge in [0.15, 0.2) is 0 Å². The number of nitrogens with zero attached hydrogens (tertiary/aromatic N) is 3. The molecule has 1 unspecified atom stereocenters. The summed E-state index contributed by atoms with van der Waals surface area (Å²) >= 11 is 6.00. The molecule has 3 aromatic rings. The quantitative estimate of drug-likeness (QED) is 0.674. The van der Waals surface area contributed by atoms with Crippen molar-refractivity contribution in [3.8, 4) is 5.69 Å². The zero-order valence-corrected chi connectivity index (χ0v) is 15.6. The highest BCUT2D eigenvalue weighted by atomic mass is 35.5. The largest absolute Gasteiger partial charge is 0.327 e. The number of fused-ring (bicyclic) bond motifs is 5. The molecule has 27 heavy (non-hydrogen) atoms. The molecule has 5 heteroatoms. The van der Waals surface area contributed by atoms with E-state index in [4.69, 9.17) is 11.6 Å². The number of amides is 1. The molecule has 2 aliphatic heterocycles. The van der Waals surface area contributed by atoms with Crippen molar-refractivity contribution in [3.05, 3.63) is 88.7 Å². The molecule has 0 aliphatic carbocycles. The van der Waals surface area contributed by atoms with E-state index >= 15 is 0 Å². The van der Waals surface area contributed by atoms with Crippen molar-refractivity contribution >= 4 is 17.5 Å². The first-order valence-electron chi connectivity index (χ1n) is 9.21. The summed E-state index contributed by atoms with van der Waals surface area (Å²) in [5, 5.41) is 0.735. The van der Waals surface area contributed by atoms with Gasteiger partial charge in [0, 0.05) is 36.5 Å². The Balaban J connectivity index is 1.48. The second-order valence-corrected chi connectivity index (χ2v) is 7.70. The lowest BCUT2D eigenvalue weighted by Crippen LogP contribution is -2.51. The fraction of sp³-hybridized carbons (Fsp3) is 0.227. The molecule has 1 saturated heterocycles. The van der Waals surface area contributed by atoms with Crippen molar-refractivity contribution in [1.29, 1.82) is 0 Å². The van der Waals surface area contributed by atoms with E-state index in [0.717, 1.165) is 18.1 Å². The van der Waals surface area contributed by atoms with E-state index in [1.54, 1.807) is 0 Å². The van der Waals surface area contributed by atoms with Gasteiger partial charge in [-0.3, -0.25) is 9.69 Å². The van der Waals surface area contributed by atoms with Gasteiger partial charge in [0.25, 0.3) is 0 Å². The molecule has 0 bridgehead atoms. The van der Waals surface area contributed by atoms with E-state index in [1.807, 2.05) is 35.2 Å². The third-order valence-corrected chi connectivity index (χ3v) is 5.77. The number of halogens is 1. The summed E-state index contributed by atoms with van der Waals surface area (Å²) in [5.41, 5.74) is 4.71. The molecular weight excluding hydrogens is 358 g/mol. The Kier molecular flexibility index (Phi) is 4.03. The Morgan fingerprint density at radius 2 is 1.78 bits per heavy atom. The molecule has 1 atom stereocenters. The van der Waals surface area contributed by atoms with Crippen LogP contribution in [0.15, 0.2) is 66.9 Å². The molecule has 0 saturated carbocycles. The van der Waals surface area contributed by atoms with Crippen LogP contribution in [0.2, 0.25) is 5.02 Å². The zero-order valence-electron chi connectivity index (χ0n) is 14.9. The first-order chi connectivity index (χ1) is 13.2. The predicted molar refractivity (Wildman–Crippen MR) is 106 cm³/mol. The molecule has 4 nitrogen and oxygen atoms in total. The number of rotatable bonds is 2. The number of aromatic nitrogens is 1. The van der Waals surface area contributed by atoms with E-state index < -0.39 is 0 Å². The van der Waals surface area contributed by atoms with Crippen LogP contribution in [0.5, 0.6) is 0 Å². The number of hydrogen-bond acceptors (Lipinski definition) is 2. The summed E-state index contributed by atoms with van der Waals surface area (Å²) in [6, 6.07) is 20.5. The fourth-order valence-electron chi connectivity index (χ4n) is 4.23. The van der Waals surface area contributed by atoms with Crippen LogP contribution >= 0.6 is 11.6 Å². The summed E-state index contributed by atoms with van der Waals surface area (Å²) in [6.45, 7) is 2.69. The van der Waals surface area contributed by atoms with Crippen LogP contribution < -0.4 is 0 Å². The molecule has 1 fully saturated rings. The maximum Gasteiger partial charge on any atom is 0.237 e. The molecule has 136 valence electrons. The SMILES string of the molecule is O=C1CN(Cc2ccc(Cl)cc2)CC2c3cccn3-c3ccccc3CN12. The average Bonchev–Trinajstić information content (AvgIpc) is 3.11. The number of piperazine rings is 1. The summed E-state index contributed by atoms with van der Waals surface area (Å²) in [4.78, 5) is 17.3. The molecule has 0 N–H and O–H groups in total. The average molecular weight is 378 g/mol. The van der Waals surface area contributed by atoms with Crippen LogP contribution in [0.1, 0.15) is 22.9 Å². The molecule has 2 aliphatic rings. The van der Waals surface area contributed by atoms with E-state index in [-0.39, 0.29) is 11.9 Å². The second kappa shape index (κ2) is 6.55. The van der Waals surface area contributed by atoms with Crippen LogP contribution in [0, 0.1) is 0 Å². The maximum atomic E-state index is 13.0. The molecule has 1 aromatic heterocycles. The standard InChI is InChI=1S/C22H20ClN3O/c23-18-9-7-16(8-10-18)12-24-14-21-20-6-3-11-25(20)19-5-2-1-4-17(19)13-26(21)22(27)15-24/h1-11,21H,12-15H2. The fourth-order valence-corrected chi connectivity index (χ4v) is 4.36. The lowest BCUT2D eigenvalue weighted by atomic mass is 10.1. The second-order valence-electron chi connectivity index (χ2n) is 7.27. The van der Waals surface area contributed by atoms with Gasteiger partial charge >= 0.3 is 0 Å². The molecule has 0 radical (unpaired) electrons. The molecule has 1 amide bonds. The van der Waals surface area contributed by atoms with Gasteiger partial charge in [-0.25, -0.2) is 0 Å². The number of benzene rings is 2. The zero-order chi connectivity index (χ0) is 18.4. The van der Waals surface area contributed by atoms with Crippen LogP contribution in [-0.4, -0.2) is 33.4 Å². The van der Waals surface area contributed by atoms with E-state index in [1.165, 1.54) is 22.5 Å². The summed E-state index contributed by atoms with van der Waals surface area (Å²) in [6.07, 6.45) is 2.10. The number of para-hydroxylation sites is 1. The maximum absolute atomic E-state index is 13.0. The minimum atomic E-state index is 0.0564. The lowest BCUT2D eigenvalue weighted by molar-refractivity contribution is -0.141. The smallest absolute Gasteiger partial charge is 0.237 e. The highest BCUT2D eigenvalue weighted by Crippen LogP contribution is 2.35. The van der Waals surface area contributed by atoms with Gasteiger partial charge < -0.3 is 9.47 Å². The first kappa shape index (κ1) is 16.6. The van der Waals surface area contributed by atoms with Crippen molar-refractivity contribution < 1.29 is 4.79 Å². The lowest BCUT2D eigenvalue weighted by Gasteiger charge is -2.40. The van der Waals surface area contributed by atoms with Crippen molar-refractivity contribution in [2.24, 2.45) is 0 Å².